The Bertz CT molecular complexity index is 1590. The van der Waals surface area contributed by atoms with Gasteiger partial charge < -0.3 is 14.2 Å². The summed E-state index contributed by atoms with van der Waals surface area (Å²) in [5.41, 5.74) is 3.86. The molecule has 5 rings (SSSR count). The summed E-state index contributed by atoms with van der Waals surface area (Å²) in [5.74, 6) is 2.06. The van der Waals surface area contributed by atoms with Gasteiger partial charge in [0.1, 0.15) is 5.75 Å². The molecule has 7 nitrogen and oxygen atoms in total. The standard InChI is InChI=1S/C27H23N2O5/c1-16-21-15-27(34-4)26(33-3)13-19(21)11-24-22-14-23(17-5-7-20(8-6-17)29(30)31)25(32-2)12-18(22)9-10-28(16)24/h5-15H,1-4H3/q+1. The van der Waals surface area contributed by atoms with Crippen LogP contribution >= 0.6 is 0 Å². The molecule has 0 aliphatic heterocycles. The van der Waals surface area contributed by atoms with Crippen LogP contribution in [0.4, 0.5) is 5.69 Å². The third kappa shape index (κ3) is 3.33. The fourth-order valence-electron chi connectivity index (χ4n) is 4.52. The zero-order valence-electron chi connectivity index (χ0n) is 19.3. The Morgan fingerprint density at radius 1 is 0.765 bits per heavy atom. The van der Waals surface area contributed by atoms with Gasteiger partial charge in [-0.2, -0.15) is 4.40 Å². The number of methoxy groups -OCH3 is 3. The van der Waals surface area contributed by atoms with Crippen LogP contribution in [0, 0.1) is 17.0 Å². The summed E-state index contributed by atoms with van der Waals surface area (Å²) in [6.45, 7) is 2.08. The lowest BCUT2D eigenvalue weighted by Crippen LogP contribution is -2.25. The zero-order valence-corrected chi connectivity index (χ0v) is 19.3. The third-order valence-corrected chi connectivity index (χ3v) is 6.30. The maximum absolute atomic E-state index is 11.1. The summed E-state index contributed by atoms with van der Waals surface area (Å²) in [5, 5.41) is 15.3. The van der Waals surface area contributed by atoms with Crippen LogP contribution in [0.1, 0.15) is 5.69 Å². The molecular formula is C27H23N2O5+. The number of non-ortho nitro benzene ring substituents is 1. The van der Waals surface area contributed by atoms with Crippen LogP contribution in [-0.2, 0) is 0 Å². The molecule has 34 heavy (non-hydrogen) atoms. The smallest absolute Gasteiger partial charge is 0.269 e. The predicted molar refractivity (Wildman–Crippen MR) is 131 cm³/mol. The zero-order chi connectivity index (χ0) is 24.0. The van der Waals surface area contributed by atoms with Crippen molar-refractivity contribution in [3.8, 4) is 28.4 Å². The van der Waals surface area contributed by atoms with Gasteiger partial charge in [-0.25, -0.2) is 0 Å². The Morgan fingerprint density at radius 2 is 1.41 bits per heavy atom. The van der Waals surface area contributed by atoms with E-state index in [0.29, 0.717) is 17.2 Å². The van der Waals surface area contributed by atoms with E-state index >= 15 is 0 Å². The van der Waals surface area contributed by atoms with Gasteiger partial charge in [-0.1, -0.05) is 0 Å². The second kappa shape index (κ2) is 8.19. The highest BCUT2D eigenvalue weighted by molar-refractivity contribution is 6.01. The van der Waals surface area contributed by atoms with Gasteiger partial charge >= 0.3 is 0 Å². The molecule has 3 aromatic carbocycles. The van der Waals surface area contributed by atoms with Crippen molar-refractivity contribution in [2.24, 2.45) is 0 Å². The Hall–Kier alpha value is -4.39. The molecule has 0 N–H and O–H groups in total. The fourth-order valence-corrected chi connectivity index (χ4v) is 4.52. The largest absolute Gasteiger partial charge is 0.496 e. The van der Waals surface area contributed by atoms with Crippen molar-refractivity contribution < 1.29 is 23.5 Å². The number of nitrogens with zero attached hydrogens (tertiary/aromatic N) is 2. The molecule has 0 aliphatic rings. The molecule has 7 heteroatoms. The first kappa shape index (κ1) is 21.5. The number of rotatable bonds is 5. The molecule has 0 radical (unpaired) electrons. The van der Waals surface area contributed by atoms with Gasteiger partial charge in [0, 0.05) is 36.8 Å². The molecule has 0 amide bonds. The molecule has 2 heterocycles. The van der Waals surface area contributed by atoms with Crippen LogP contribution in [0.25, 0.3) is 38.2 Å². The molecule has 2 aromatic heterocycles. The number of nitro benzene ring substituents is 1. The van der Waals surface area contributed by atoms with Crippen molar-refractivity contribution in [2.45, 2.75) is 6.92 Å². The average molecular weight is 455 g/mol. The number of benzene rings is 3. The van der Waals surface area contributed by atoms with Crippen molar-refractivity contribution in [2.75, 3.05) is 21.3 Å². The van der Waals surface area contributed by atoms with Crippen LogP contribution in [0.15, 0.2) is 66.9 Å². The van der Waals surface area contributed by atoms with Crippen LogP contribution in [0.2, 0.25) is 0 Å². The lowest BCUT2D eigenvalue weighted by Gasteiger charge is -2.12. The minimum Gasteiger partial charge on any atom is -0.496 e. The van der Waals surface area contributed by atoms with E-state index in [-0.39, 0.29) is 5.69 Å². The summed E-state index contributed by atoms with van der Waals surface area (Å²) < 4.78 is 18.9. The van der Waals surface area contributed by atoms with Crippen LogP contribution in [0.3, 0.4) is 0 Å². The number of hydrogen-bond acceptors (Lipinski definition) is 5. The van der Waals surface area contributed by atoms with Gasteiger partial charge in [0.25, 0.3) is 5.69 Å². The number of pyridine rings is 2. The second-order valence-electron chi connectivity index (χ2n) is 8.04. The van der Waals surface area contributed by atoms with Gasteiger partial charge in [0.2, 0.25) is 5.52 Å². The molecule has 0 spiro atoms. The summed E-state index contributed by atoms with van der Waals surface area (Å²) in [6, 6.07) is 18.8. The first-order chi connectivity index (χ1) is 16.4. The predicted octanol–water partition coefficient (Wildman–Crippen LogP) is 5.64. The SMILES string of the molecule is COc1cc2cc3c4cc(-c5ccc([N+](=O)[O-])cc5)c(OC)cc4cc[n+]3c(C)c2cc1OC. The quantitative estimate of drug-likeness (QED) is 0.113. The molecule has 0 saturated heterocycles. The Labute approximate surface area is 195 Å². The first-order valence-corrected chi connectivity index (χ1v) is 10.7. The Morgan fingerprint density at radius 3 is 2.06 bits per heavy atom. The third-order valence-electron chi connectivity index (χ3n) is 6.30. The molecule has 0 unspecified atom stereocenters. The van der Waals surface area contributed by atoms with Crippen LogP contribution in [-0.4, -0.2) is 26.3 Å². The molecule has 0 aliphatic carbocycles. The fraction of sp³-hybridized carbons (Fsp3) is 0.148. The van der Waals surface area contributed by atoms with Crippen molar-refractivity contribution >= 4 is 32.7 Å². The summed E-state index contributed by atoms with van der Waals surface area (Å²) in [6.07, 6.45) is 2.05. The average Bonchev–Trinajstić information content (AvgIpc) is 2.87. The molecule has 5 aromatic rings. The Kier molecular flexibility index (Phi) is 5.17. The normalized spacial score (nSPS) is 11.2. The van der Waals surface area contributed by atoms with E-state index in [2.05, 4.69) is 29.5 Å². The van der Waals surface area contributed by atoms with E-state index in [1.807, 2.05) is 24.4 Å². The number of nitro groups is 1. The number of ether oxygens (including phenoxy) is 3. The number of fused-ring (bicyclic) bond motifs is 4. The Balaban J connectivity index is 1.81. The number of aromatic nitrogens is 1. The maximum atomic E-state index is 11.1. The van der Waals surface area contributed by atoms with Crippen LogP contribution in [0.5, 0.6) is 17.2 Å². The first-order valence-electron chi connectivity index (χ1n) is 10.7. The maximum Gasteiger partial charge on any atom is 0.269 e. The number of hydrogen-bond donors (Lipinski definition) is 0. The molecule has 0 bridgehead atoms. The van der Waals surface area contributed by atoms with Gasteiger partial charge in [-0.15, -0.1) is 0 Å². The van der Waals surface area contributed by atoms with Gasteiger partial charge in [-0.3, -0.25) is 10.1 Å². The summed E-state index contributed by atoms with van der Waals surface area (Å²) in [4.78, 5) is 10.7. The highest BCUT2D eigenvalue weighted by Gasteiger charge is 2.19. The van der Waals surface area contributed by atoms with E-state index in [1.165, 1.54) is 12.1 Å². The van der Waals surface area contributed by atoms with E-state index in [1.54, 1.807) is 33.5 Å². The van der Waals surface area contributed by atoms with Gasteiger partial charge in [-0.05, 0) is 52.7 Å². The van der Waals surface area contributed by atoms with Crippen molar-refractivity contribution in [1.82, 2.24) is 0 Å². The van der Waals surface area contributed by atoms with E-state index < -0.39 is 4.92 Å². The monoisotopic (exact) mass is 455 g/mol. The molecular weight excluding hydrogens is 432 g/mol. The molecule has 0 saturated carbocycles. The van der Waals surface area contributed by atoms with Crippen molar-refractivity contribution in [1.29, 1.82) is 0 Å². The van der Waals surface area contributed by atoms with Crippen LogP contribution < -0.4 is 18.6 Å². The summed E-state index contributed by atoms with van der Waals surface area (Å²) >= 11 is 0. The van der Waals surface area contributed by atoms with Gasteiger partial charge in [0.05, 0.1) is 37.0 Å². The number of aryl methyl sites for hydroxylation is 1. The lowest BCUT2D eigenvalue weighted by molar-refractivity contribution is -0.516. The minimum atomic E-state index is -0.400. The van der Waals surface area contributed by atoms with E-state index in [0.717, 1.165) is 43.9 Å². The molecule has 170 valence electrons. The van der Waals surface area contributed by atoms with Crippen molar-refractivity contribution in [3.63, 3.8) is 0 Å². The highest BCUT2D eigenvalue weighted by Crippen LogP contribution is 2.38. The molecule has 0 atom stereocenters. The summed E-state index contributed by atoms with van der Waals surface area (Å²) in [7, 11) is 4.89. The second-order valence-corrected chi connectivity index (χ2v) is 8.04. The van der Waals surface area contributed by atoms with E-state index in [4.69, 9.17) is 14.2 Å². The highest BCUT2D eigenvalue weighted by atomic mass is 16.6. The minimum absolute atomic E-state index is 0.0518. The lowest BCUT2D eigenvalue weighted by atomic mass is 9.98. The van der Waals surface area contributed by atoms with Gasteiger partial charge in [0.15, 0.2) is 23.4 Å². The molecule has 0 fully saturated rings. The topological polar surface area (TPSA) is 74.9 Å². The van der Waals surface area contributed by atoms with Crippen molar-refractivity contribution in [3.05, 3.63) is 82.7 Å². The van der Waals surface area contributed by atoms with E-state index in [9.17, 15) is 10.1 Å².